The summed E-state index contributed by atoms with van der Waals surface area (Å²) in [5, 5.41) is 6.36. The lowest BCUT2D eigenvalue weighted by Gasteiger charge is -2.30. The second-order valence-corrected chi connectivity index (χ2v) is 7.54. The maximum absolute atomic E-state index is 5.56. The molecule has 0 amide bonds. The summed E-state index contributed by atoms with van der Waals surface area (Å²) >= 11 is 10.9. The summed E-state index contributed by atoms with van der Waals surface area (Å²) in [6, 6.07) is 8.80. The van der Waals surface area contributed by atoms with Crippen molar-refractivity contribution in [1.29, 1.82) is 0 Å². The van der Waals surface area contributed by atoms with Crippen LogP contribution in [0.5, 0.6) is 0 Å². The van der Waals surface area contributed by atoms with Crippen molar-refractivity contribution in [2.75, 3.05) is 0 Å². The number of halogens is 1. The van der Waals surface area contributed by atoms with Crippen molar-refractivity contribution in [1.82, 2.24) is 15.2 Å². The molecule has 0 spiro atoms. The smallest absolute Gasteiger partial charge is 0.170 e. The van der Waals surface area contributed by atoms with E-state index in [1.807, 2.05) is 18.3 Å². The Kier molecular flexibility index (Phi) is 4.28. The molecular weight excluding hydrogens is 366 g/mol. The molecule has 1 fully saturated rings. The van der Waals surface area contributed by atoms with Gasteiger partial charge in [-0.15, -0.1) is 11.3 Å². The van der Waals surface area contributed by atoms with Crippen molar-refractivity contribution < 1.29 is 0 Å². The Hall–Kier alpha value is -0.980. The lowest BCUT2D eigenvalue weighted by Crippen LogP contribution is -2.35. The van der Waals surface area contributed by atoms with E-state index >= 15 is 0 Å². The standard InChI is InChI=1S/C15H16BrN3S2/c1-9(2)19-14(12-7-10(16)8-21-12)13(18-15(19)20)11-5-3-4-6-17-11/h3-9,13-14H,1-2H3,(H,18,20)/t13-,14-/m1/s1. The quantitative estimate of drug-likeness (QED) is 0.802. The minimum atomic E-state index is 0.0895. The van der Waals surface area contributed by atoms with E-state index in [0.29, 0.717) is 6.04 Å². The molecule has 0 unspecified atom stereocenters. The summed E-state index contributed by atoms with van der Waals surface area (Å²) in [6.07, 6.45) is 1.83. The zero-order valence-electron chi connectivity index (χ0n) is 11.8. The van der Waals surface area contributed by atoms with Crippen molar-refractivity contribution in [3.63, 3.8) is 0 Å². The molecule has 21 heavy (non-hydrogen) atoms. The van der Waals surface area contributed by atoms with Crippen LogP contribution in [0.15, 0.2) is 40.3 Å². The van der Waals surface area contributed by atoms with E-state index in [1.165, 1.54) is 4.88 Å². The Morgan fingerprint density at radius 2 is 2.24 bits per heavy atom. The third-order valence-electron chi connectivity index (χ3n) is 3.57. The lowest BCUT2D eigenvalue weighted by atomic mass is 10.0. The van der Waals surface area contributed by atoms with Gasteiger partial charge in [0.25, 0.3) is 0 Å². The van der Waals surface area contributed by atoms with Crippen molar-refractivity contribution in [3.05, 3.63) is 50.9 Å². The zero-order valence-corrected chi connectivity index (χ0v) is 15.0. The van der Waals surface area contributed by atoms with Gasteiger partial charge in [0.1, 0.15) is 0 Å². The number of aromatic nitrogens is 1. The summed E-state index contributed by atoms with van der Waals surface area (Å²) in [5.41, 5.74) is 1.03. The molecule has 1 saturated heterocycles. The molecule has 0 aromatic carbocycles. The van der Waals surface area contributed by atoms with E-state index < -0.39 is 0 Å². The molecule has 1 aliphatic heterocycles. The van der Waals surface area contributed by atoms with Crippen LogP contribution in [0, 0.1) is 0 Å². The Morgan fingerprint density at radius 3 is 2.81 bits per heavy atom. The van der Waals surface area contributed by atoms with Crippen LogP contribution in [0.3, 0.4) is 0 Å². The molecule has 6 heteroatoms. The van der Waals surface area contributed by atoms with Crippen molar-refractivity contribution >= 4 is 44.6 Å². The van der Waals surface area contributed by atoms with Crippen LogP contribution >= 0.6 is 39.5 Å². The van der Waals surface area contributed by atoms with Gasteiger partial charge in [0.15, 0.2) is 5.11 Å². The number of nitrogens with one attached hydrogen (secondary N) is 1. The average molecular weight is 382 g/mol. The van der Waals surface area contributed by atoms with Crippen molar-refractivity contribution in [2.45, 2.75) is 32.0 Å². The van der Waals surface area contributed by atoms with Gasteiger partial charge in [-0.25, -0.2) is 0 Å². The first-order valence-electron chi connectivity index (χ1n) is 6.81. The highest BCUT2D eigenvalue weighted by Crippen LogP contribution is 2.42. The van der Waals surface area contributed by atoms with Crippen LogP contribution in [-0.2, 0) is 0 Å². The average Bonchev–Trinajstić information content (AvgIpc) is 3.03. The Balaban J connectivity index is 2.05. The molecule has 0 radical (unpaired) electrons. The molecule has 110 valence electrons. The fraction of sp³-hybridized carbons (Fsp3) is 0.333. The lowest BCUT2D eigenvalue weighted by molar-refractivity contribution is 0.273. The number of nitrogens with zero attached hydrogens (tertiary/aromatic N) is 2. The molecular formula is C15H16BrN3S2. The summed E-state index contributed by atoms with van der Waals surface area (Å²) in [7, 11) is 0. The topological polar surface area (TPSA) is 28.2 Å². The second-order valence-electron chi connectivity index (χ2n) is 5.29. The summed E-state index contributed by atoms with van der Waals surface area (Å²) in [5.74, 6) is 0. The predicted octanol–water partition coefficient (Wildman–Crippen LogP) is 4.29. The summed E-state index contributed by atoms with van der Waals surface area (Å²) in [6.45, 7) is 4.34. The van der Waals surface area contributed by atoms with Gasteiger partial charge in [0.2, 0.25) is 0 Å². The molecule has 0 saturated carbocycles. The van der Waals surface area contributed by atoms with E-state index in [4.69, 9.17) is 12.2 Å². The Bertz CT molecular complexity index is 641. The maximum Gasteiger partial charge on any atom is 0.170 e. The van der Waals surface area contributed by atoms with E-state index in [9.17, 15) is 0 Å². The molecule has 1 aliphatic rings. The fourth-order valence-corrected chi connectivity index (χ4v) is 4.74. The SMILES string of the molecule is CC(C)N1C(=S)N[C@H](c2ccccn2)[C@H]1c1cc(Br)cs1. The molecule has 1 N–H and O–H groups in total. The van der Waals surface area contributed by atoms with Gasteiger partial charge in [0, 0.05) is 27.0 Å². The molecule has 2 atom stereocenters. The van der Waals surface area contributed by atoms with Crippen LogP contribution < -0.4 is 5.32 Å². The predicted molar refractivity (Wildman–Crippen MR) is 94.4 cm³/mol. The van der Waals surface area contributed by atoms with E-state index in [2.05, 4.69) is 62.5 Å². The van der Waals surface area contributed by atoms with Gasteiger partial charge in [-0.05, 0) is 60.2 Å². The normalized spacial score (nSPS) is 21.9. The van der Waals surface area contributed by atoms with Gasteiger partial charge in [-0.2, -0.15) is 0 Å². The van der Waals surface area contributed by atoms with Gasteiger partial charge in [-0.1, -0.05) is 6.07 Å². The first kappa shape index (κ1) is 14.9. The van der Waals surface area contributed by atoms with Crippen LogP contribution in [0.1, 0.15) is 36.5 Å². The Morgan fingerprint density at radius 1 is 1.43 bits per heavy atom. The number of hydrogen-bond donors (Lipinski definition) is 1. The third kappa shape index (κ3) is 2.84. The molecule has 2 aromatic heterocycles. The van der Waals surface area contributed by atoms with Crippen LogP contribution in [0.25, 0.3) is 0 Å². The minimum Gasteiger partial charge on any atom is -0.352 e. The molecule has 0 bridgehead atoms. The monoisotopic (exact) mass is 381 g/mol. The number of pyridine rings is 1. The molecule has 3 rings (SSSR count). The largest absolute Gasteiger partial charge is 0.352 e. The number of thiophene rings is 1. The van der Waals surface area contributed by atoms with Gasteiger partial charge < -0.3 is 10.2 Å². The first-order chi connectivity index (χ1) is 10.1. The van der Waals surface area contributed by atoms with E-state index in [-0.39, 0.29) is 12.1 Å². The van der Waals surface area contributed by atoms with Gasteiger partial charge >= 0.3 is 0 Å². The van der Waals surface area contributed by atoms with Crippen LogP contribution in [0.4, 0.5) is 0 Å². The highest BCUT2D eigenvalue weighted by molar-refractivity contribution is 9.10. The van der Waals surface area contributed by atoms with E-state index in [1.54, 1.807) is 11.3 Å². The second kappa shape index (κ2) is 6.02. The summed E-state index contributed by atoms with van der Waals surface area (Å²) < 4.78 is 1.11. The fourth-order valence-electron chi connectivity index (χ4n) is 2.71. The maximum atomic E-state index is 5.56. The first-order valence-corrected chi connectivity index (χ1v) is 8.89. The van der Waals surface area contributed by atoms with Crippen LogP contribution in [-0.4, -0.2) is 21.0 Å². The highest BCUT2D eigenvalue weighted by atomic mass is 79.9. The van der Waals surface area contributed by atoms with Gasteiger partial charge in [0.05, 0.1) is 17.8 Å². The van der Waals surface area contributed by atoms with Gasteiger partial charge in [-0.3, -0.25) is 4.98 Å². The molecule has 0 aliphatic carbocycles. The van der Waals surface area contributed by atoms with Crippen LogP contribution in [0.2, 0.25) is 0 Å². The van der Waals surface area contributed by atoms with Crippen molar-refractivity contribution in [3.8, 4) is 0 Å². The third-order valence-corrected chi connectivity index (χ3v) is 5.66. The number of thiocarbonyl (C=S) groups is 1. The zero-order chi connectivity index (χ0) is 15.0. The van der Waals surface area contributed by atoms with Crippen molar-refractivity contribution in [2.24, 2.45) is 0 Å². The molecule has 2 aromatic rings. The minimum absolute atomic E-state index is 0.0895. The molecule has 3 nitrogen and oxygen atoms in total. The summed E-state index contributed by atoms with van der Waals surface area (Å²) in [4.78, 5) is 8.08. The number of hydrogen-bond acceptors (Lipinski definition) is 3. The number of rotatable bonds is 3. The highest BCUT2D eigenvalue weighted by Gasteiger charge is 2.41. The Labute approximate surface area is 142 Å². The molecule has 3 heterocycles. The van der Waals surface area contributed by atoms with E-state index in [0.717, 1.165) is 15.3 Å².